The molecule has 0 atom stereocenters. The minimum Gasteiger partial charge on any atom is -0.452 e. The number of nitrogens with one attached hydrogen (secondary N) is 1. The van der Waals surface area contributed by atoms with Crippen molar-refractivity contribution < 1.29 is 9.53 Å². The molecule has 2 rings (SSSR count). The summed E-state index contributed by atoms with van der Waals surface area (Å²) in [7, 11) is 1.29. The molecule has 6 nitrogen and oxygen atoms in total. The number of imidazole rings is 1. The van der Waals surface area contributed by atoms with Crippen molar-refractivity contribution in [1.29, 1.82) is 0 Å². The highest BCUT2D eigenvalue weighted by Crippen LogP contribution is 2.18. The van der Waals surface area contributed by atoms with Crippen LogP contribution in [-0.2, 0) is 4.74 Å². The number of aromatic nitrogens is 2. The van der Waals surface area contributed by atoms with Gasteiger partial charge in [-0.25, -0.2) is 15.2 Å². The number of hydrazone groups is 1. The van der Waals surface area contributed by atoms with Crippen molar-refractivity contribution >= 4 is 28.6 Å². The molecule has 2 aromatic rings. The molecular formula is C10H12N4O2S. The van der Waals surface area contributed by atoms with E-state index in [4.69, 9.17) is 0 Å². The van der Waals surface area contributed by atoms with E-state index in [-0.39, 0.29) is 0 Å². The second kappa shape index (κ2) is 4.54. The van der Waals surface area contributed by atoms with Gasteiger partial charge < -0.3 is 4.74 Å². The first kappa shape index (κ1) is 11.6. The molecule has 0 fully saturated rings. The second-order valence-corrected chi connectivity index (χ2v) is 4.28. The molecular weight excluding hydrogens is 240 g/mol. The number of methoxy groups -OCH3 is 1. The van der Waals surface area contributed by atoms with Gasteiger partial charge in [0.1, 0.15) is 0 Å². The Hall–Kier alpha value is -1.89. The molecule has 2 heterocycles. The van der Waals surface area contributed by atoms with Crippen LogP contribution in [0.15, 0.2) is 10.5 Å². The molecule has 0 aliphatic carbocycles. The number of carbonyl (C=O) groups is 1. The summed E-state index contributed by atoms with van der Waals surface area (Å²) in [6, 6.07) is 0. The average molecular weight is 252 g/mol. The molecule has 1 amide bonds. The van der Waals surface area contributed by atoms with E-state index in [0.29, 0.717) is 0 Å². The maximum Gasteiger partial charge on any atom is 0.427 e. The lowest BCUT2D eigenvalue weighted by Gasteiger charge is -1.97. The largest absolute Gasteiger partial charge is 0.452 e. The lowest BCUT2D eigenvalue weighted by Crippen LogP contribution is -2.17. The molecule has 1 N–H and O–H groups in total. The SMILES string of the molecule is COC(=O)N/N=C\c1c(C)nc2scc(C)n12. The number of hydrogen-bond acceptors (Lipinski definition) is 5. The summed E-state index contributed by atoms with van der Waals surface area (Å²) in [6.07, 6.45) is 0.966. The predicted octanol–water partition coefficient (Wildman–Crippen LogP) is 1.70. The van der Waals surface area contributed by atoms with E-state index in [1.165, 1.54) is 7.11 Å². The smallest absolute Gasteiger partial charge is 0.427 e. The van der Waals surface area contributed by atoms with Gasteiger partial charge in [0, 0.05) is 11.1 Å². The molecule has 0 unspecified atom stereocenters. The molecule has 0 aliphatic heterocycles. The van der Waals surface area contributed by atoms with E-state index in [0.717, 1.165) is 22.0 Å². The van der Waals surface area contributed by atoms with Crippen LogP contribution in [0.5, 0.6) is 0 Å². The highest BCUT2D eigenvalue weighted by Gasteiger charge is 2.10. The number of fused-ring (bicyclic) bond motifs is 1. The quantitative estimate of drug-likeness (QED) is 0.653. The van der Waals surface area contributed by atoms with Gasteiger partial charge in [0.2, 0.25) is 0 Å². The standard InChI is InChI=1S/C10H12N4O2S/c1-6-5-17-9-12-7(2)8(14(6)9)4-11-13-10(15)16-3/h4-5H,1-3H3,(H,13,15)/b11-4-. The zero-order valence-corrected chi connectivity index (χ0v) is 10.5. The first-order valence-electron chi connectivity index (χ1n) is 4.93. The molecule has 0 saturated carbocycles. The van der Waals surface area contributed by atoms with Crippen LogP contribution in [0.3, 0.4) is 0 Å². The van der Waals surface area contributed by atoms with Crippen LogP contribution in [0.4, 0.5) is 4.79 Å². The summed E-state index contributed by atoms with van der Waals surface area (Å²) < 4.78 is 6.40. The second-order valence-electron chi connectivity index (χ2n) is 3.44. The Morgan fingerprint density at radius 1 is 1.65 bits per heavy atom. The topological polar surface area (TPSA) is 68.0 Å². The van der Waals surface area contributed by atoms with E-state index in [1.807, 2.05) is 23.6 Å². The van der Waals surface area contributed by atoms with E-state index in [9.17, 15) is 4.79 Å². The molecule has 0 bridgehead atoms. The van der Waals surface area contributed by atoms with Crippen molar-refractivity contribution in [3.05, 3.63) is 22.5 Å². The molecule has 17 heavy (non-hydrogen) atoms. The molecule has 7 heteroatoms. The fraction of sp³-hybridized carbons (Fsp3) is 0.300. The lowest BCUT2D eigenvalue weighted by molar-refractivity contribution is 0.171. The van der Waals surface area contributed by atoms with E-state index < -0.39 is 6.09 Å². The first-order valence-corrected chi connectivity index (χ1v) is 5.81. The minimum atomic E-state index is -0.596. The summed E-state index contributed by atoms with van der Waals surface area (Å²) in [5, 5.41) is 5.83. The van der Waals surface area contributed by atoms with Gasteiger partial charge in [0.25, 0.3) is 0 Å². The van der Waals surface area contributed by atoms with Gasteiger partial charge >= 0.3 is 6.09 Å². The van der Waals surface area contributed by atoms with Crippen LogP contribution in [0.1, 0.15) is 17.1 Å². The third-order valence-corrected chi connectivity index (χ3v) is 3.23. The Kier molecular flexibility index (Phi) is 3.10. The highest BCUT2D eigenvalue weighted by atomic mass is 32.1. The molecule has 0 aromatic carbocycles. The van der Waals surface area contributed by atoms with Gasteiger partial charge in [0.15, 0.2) is 4.96 Å². The zero-order chi connectivity index (χ0) is 12.4. The van der Waals surface area contributed by atoms with Crippen molar-refractivity contribution in [2.24, 2.45) is 5.10 Å². The fourth-order valence-electron chi connectivity index (χ4n) is 1.47. The summed E-state index contributed by atoms with van der Waals surface area (Å²) in [5.41, 5.74) is 5.06. The number of ether oxygens (including phenoxy) is 1. The summed E-state index contributed by atoms with van der Waals surface area (Å²) in [6.45, 7) is 3.90. The van der Waals surface area contributed by atoms with Gasteiger partial charge in [-0.2, -0.15) is 5.10 Å². The molecule has 0 saturated heterocycles. The molecule has 2 aromatic heterocycles. The van der Waals surface area contributed by atoms with E-state index in [1.54, 1.807) is 17.6 Å². The number of hydrogen-bond donors (Lipinski definition) is 1. The van der Waals surface area contributed by atoms with Gasteiger partial charge in [-0.05, 0) is 13.8 Å². The van der Waals surface area contributed by atoms with Crippen molar-refractivity contribution in [3.63, 3.8) is 0 Å². The minimum absolute atomic E-state index is 0.596. The van der Waals surface area contributed by atoms with Gasteiger partial charge in [-0.15, -0.1) is 11.3 Å². The Labute approximate surface area is 102 Å². The van der Waals surface area contributed by atoms with Crippen LogP contribution in [-0.4, -0.2) is 28.8 Å². The molecule has 0 aliphatic rings. The highest BCUT2D eigenvalue weighted by molar-refractivity contribution is 7.15. The van der Waals surface area contributed by atoms with E-state index in [2.05, 4.69) is 20.2 Å². The summed E-state index contributed by atoms with van der Waals surface area (Å²) >= 11 is 1.57. The Morgan fingerprint density at radius 2 is 2.41 bits per heavy atom. The molecule has 0 radical (unpaired) electrons. The Bertz CT molecular complexity index is 584. The normalized spacial score (nSPS) is 11.2. The number of nitrogens with zero attached hydrogens (tertiary/aromatic N) is 3. The van der Waals surface area contributed by atoms with Gasteiger partial charge in [-0.1, -0.05) is 0 Å². The van der Waals surface area contributed by atoms with Crippen molar-refractivity contribution in [1.82, 2.24) is 14.8 Å². The Morgan fingerprint density at radius 3 is 3.12 bits per heavy atom. The first-order chi connectivity index (χ1) is 8.13. The number of amides is 1. The van der Waals surface area contributed by atoms with Crippen LogP contribution < -0.4 is 5.43 Å². The maximum absolute atomic E-state index is 10.8. The van der Waals surface area contributed by atoms with Crippen LogP contribution in [0.2, 0.25) is 0 Å². The summed E-state index contributed by atoms with van der Waals surface area (Å²) in [5.74, 6) is 0. The predicted molar refractivity (Wildman–Crippen MR) is 65.7 cm³/mol. The lowest BCUT2D eigenvalue weighted by atomic mass is 10.3. The molecule has 0 spiro atoms. The third kappa shape index (κ3) is 2.14. The third-order valence-electron chi connectivity index (χ3n) is 2.28. The maximum atomic E-state index is 10.8. The van der Waals surface area contributed by atoms with Crippen molar-refractivity contribution in [2.45, 2.75) is 13.8 Å². The Balaban J connectivity index is 2.31. The number of rotatable bonds is 2. The number of carbonyl (C=O) groups excluding carboxylic acids is 1. The summed E-state index contributed by atoms with van der Waals surface area (Å²) in [4.78, 5) is 16.2. The fourth-order valence-corrected chi connectivity index (χ4v) is 2.39. The molecule has 90 valence electrons. The number of aryl methyl sites for hydroxylation is 2. The van der Waals surface area contributed by atoms with E-state index >= 15 is 0 Å². The van der Waals surface area contributed by atoms with Crippen LogP contribution in [0, 0.1) is 13.8 Å². The van der Waals surface area contributed by atoms with Crippen LogP contribution >= 0.6 is 11.3 Å². The van der Waals surface area contributed by atoms with Crippen molar-refractivity contribution in [3.8, 4) is 0 Å². The number of thiazole rings is 1. The van der Waals surface area contributed by atoms with Gasteiger partial charge in [0.05, 0.1) is 24.7 Å². The van der Waals surface area contributed by atoms with Crippen LogP contribution in [0.25, 0.3) is 4.96 Å². The zero-order valence-electron chi connectivity index (χ0n) is 9.72. The van der Waals surface area contributed by atoms with Gasteiger partial charge in [-0.3, -0.25) is 4.40 Å². The monoisotopic (exact) mass is 252 g/mol. The average Bonchev–Trinajstić information content (AvgIpc) is 2.80. The van der Waals surface area contributed by atoms with Crippen molar-refractivity contribution in [2.75, 3.05) is 7.11 Å².